The number of hydrogen-bond acceptors (Lipinski definition) is 4. The average Bonchev–Trinajstić information content (AvgIpc) is 2.79. The molecule has 1 atom stereocenters. The van der Waals surface area contributed by atoms with Gasteiger partial charge in [0, 0.05) is 44.5 Å². The van der Waals surface area contributed by atoms with E-state index in [1.54, 1.807) is 6.20 Å². The molecule has 2 saturated heterocycles. The first kappa shape index (κ1) is 22.3. The van der Waals surface area contributed by atoms with Crippen molar-refractivity contribution in [3.63, 3.8) is 0 Å². The number of carbonyl (C=O) groups excluding carboxylic acids is 2. The van der Waals surface area contributed by atoms with Gasteiger partial charge in [0.1, 0.15) is 0 Å². The van der Waals surface area contributed by atoms with Gasteiger partial charge in [-0.1, -0.05) is 32.4 Å². The second-order valence-electron chi connectivity index (χ2n) is 9.30. The van der Waals surface area contributed by atoms with Crippen molar-refractivity contribution < 1.29 is 9.59 Å². The summed E-state index contributed by atoms with van der Waals surface area (Å²) in [4.78, 5) is 33.3. The summed E-state index contributed by atoms with van der Waals surface area (Å²) in [7, 11) is 0. The summed E-state index contributed by atoms with van der Waals surface area (Å²) in [5, 5.41) is 3.06. The molecule has 0 bridgehead atoms. The van der Waals surface area contributed by atoms with E-state index < -0.39 is 0 Å². The van der Waals surface area contributed by atoms with Crippen molar-refractivity contribution in [3.8, 4) is 0 Å². The van der Waals surface area contributed by atoms with Crippen LogP contribution in [0.5, 0.6) is 0 Å². The number of anilines is 2. The van der Waals surface area contributed by atoms with Gasteiger partial charge in [0.2, 0.25) is 11.8 Å². The smallest absolute Gasteiger partial charge is 0.231 e. The highest BCUT2D eigenvalue weighted by Gasteiger charge is 2.33. The number of rotatable bonds is 7. The number of benzene rings is 1. The van der Waals surface area contributed by atoms with Crippen molar-refractivity contribution in [3.05, 3.63) is 54.4 Å². The molecule has 4 rings (SSSR count). The summed E-state index contributed by atoms with van der Waals surface area (Å²) in [6.07, 6.45) is 7.31. The third-order valence-corrected chi connectivity index (χ3v) is 6.98. The van der Waals surface area contributed by atoms with Crippen molar-refractivity contribution in [1.82, 2.24) is 9.88 Å². The molecule has 2 aliphatic rings. The lowest BCUT2D eigenvalue weighted by Crippen LogP contribution is -2.52. The fourth-order valence-electron chi connectivity index (χ4n) is 4.51. The predicted octanol–water partition coefficient (Wildman–Crippen LogP) is 4.30. The molecule has 3 heterocycles. The SMILES string of the molecule is CCC(C)CC(=O)N1CCC(c2ccc(NC(=O)C3CN(c4cccnc4)C3)cc2)CC1. The van der Waals surface area contributed by atoms with Crippen molar-refractivity contribution in [2.75, 3.05) is 36.4 Å². The lowest BCUT2D eigenvalue weighted by atomic mass is 9.89. The van der Waals surface area contributed by atoms with E-state index in [0.717, 1.165) is 56.8 Å². The number of aromatic nitrogens is 1. The van der Waals surface area contributed by atoms with Gasteiger partial charge >= 0.3 is 0 Å². The Balaban J connectivity index is 1.23. The summed E-state index contributed by atoms with van der Waals surface area (Å²) >= 11 is 0. The standard InChI is InChI=1S/C26H34N4O2/c1-3-19(2)15-25(31)29-13-10-21(11-14-29)20-6-8-23(9-7-20)28-26(32)22-17-30(18-22)24-5-4-12-27-16-24/h4-9,12,16,19,21-22H,3,10-11,13-15,17-18H2,1-2H3,(H,28,32). The van der Waals surface area contributed by atoms with Gasteiger partial charge in [-0.3, -0.25) is 14.6 Å². The molecule has 0 saturated carbocycles. The lowest BCUT2D eigenvalue weighted by Gasteiger charge is -2.39. The molecule has 0 aliphatic carbocycles. The van der Waals surface area contributed by atoms with E-state index in [2.05, 4.69) is 41.2 Å². The number of amides is 2. The lowest BCUT2D eigenvalue weighted by molar-refractivity contribution is -0.133. The van der Waals surface area contributed by atoms with Crippen LogP contribution in [-0.2, 0) is 9.59 Å². The van der Waals surface area contributed by atoms with Crippen molar-refractivity contribution in [2.24, 2.45) is 11.8 Å². The minimum absolute atomic E-state index is 0.00664. The van der Waals surface area contributed by atoms with Crippen LogP contribution >= 0.6 is 0 Å². The molecule has 1 aromatic carbocycles. The van der Waals surface area contributed by atoms with Gasteiger partial charge in [0.05, 0.1) is 17.8 Å². The molecule has 2 amide bonds. The highest BCUT2D eigenvalue weighted by molar-refractivity contribution is 5.94. The van der Waals surface area contributed by atoms with Crippen LogP contribution in [0.3, 0.4) is 0 Å². The van der Waals surface area contributed by atoms with Gasteiger partial charge in [-0.15, -0.1) is 0 Å². The molecule has 32 heavy (non-hydrogen) atoms. The molecule has 1 aromatic heterocycles. The van der Waals surface area contributed by atoms with Crippen LogP contribution in [0.2, 0.25) is 0 Å². The molecular formula is C26H34N4O2. The predicted molar refractivity (Wildman–Crippen MR) is 128 cm³/mol. The van der Waals surface area contributed by atoms with E-state index in [1.165, 1.54) is 5.56 Å². The minimum Gasteiger partial charge on any atom is -0.369 e. The molecule has 6 heteroatoms. The normalized spacial score (nSPS) is 18.2. The van der Waals surface area contributed by atoms with Gasteiger partial charge in [-0.25, -0.2) is 0 Å². The average molecular weight is 435 g/mol. The summed E-state index contributed by atoms with van der Waals surface area (Å²) in [5.41, 5.74) is 3.21. The second-order valence-corrected chi connectivity index (χ2v) is 9.30. The zero-order valence-electron chi connectivity index (χ0n) is 19.2. The topological polar surface area (TPSA) is 65.5 Å². The summed E-state index contributed by atoms with van der Waals surface area (Å²) in [6, 6.07) is 12.2. The van der Waals surface area contributed by atoms with Crippen molar-refractivity contribution >= 4 is 23.2 Å². The quantitative estimate of drug-likeness (QED) is 0.706. The maximum Gasteiger partial charge on any atom is 0.231 e. The molecule has 1 N–H and O–H groups in total. The Labute approximate surface area is 191 Å². The summed E-state index contributed by atoms with van der Waals surface area (Å²) in [5.74, 6) is 1.32. The van der Waals surface area contributed by atoms with Crippen LogP contribution in [0.25, 0.3) is 0 Å². The first-order chi connectivity index (χ1) is 15.5. The minimum atomic E-state index is 0.00664. The number of hydrogen-bond donors (Lipinski definition) is 1. The molecule has 0 radical (unpaired) electrons. The number of nitrogens with zero attached hydrogens (tertiary/aromatic N) is 3. The maximum absolute atomic E-state index is 12.6. The number of pyridine rings is 1. The Kier molecular flexibility index (Phi) is 7.08. The monoisotopic (exact) mass is 434 g/mol. The molecule has 2 aromatic rings. The molecule has 170 valence electrons. The van der Waals surface area contributed by atoms with Gasteiger partial charge in [0.25, 0.3) is 0 Å². The number of nitrogens with one attached hydrogen (secondary N) is 1. The Hall–Kier alpha value is -2.89. The highest BCUT2D eigenvalue weighted by atomic mass is 16.2. The Morgan fingerprint density at radius 3 is 2.47 bits per heavy atom. The number of piperidine rings is 1. The molecule has 2 fully saturated rings. The number of likely N-dealkylation sites (tertiary alicyclic amines) is 1. The van der Waals surface area contributed by atoms with E-state index in [9.17, 15) is 9.59 Å². The Bertz CT molecular complexity index is 901. The fourth-order valence-corrected chi connectivity index (χ4v) is 4.51. The molecule has 2 aliphatic heterocycles. The number of carbonyl (C=O) groups is 2. The first-order valence-electron chi connectivity index (χ1n) is 11.9. The van der Waals surface area contributed by atoms with Gasteiger partial charge in [-0.2, -0.15) is 0 Å². The zero-order valence-corrected chi connectivity index (χ0v) is 19.2. The van der Waals surface area contributed by atoms with E-state index in [0.29, 0.717) is 24.2 Å². The van der Waals surface area contributed by atoms with Crippen LogP contribution in [0.1, 0.15) is 51.0 Å². The third-order valence-electron chi connectivity index (χ3n) is 6.98. The van der Waals surface area contributed by atoms with Crippen molar-refractivity contribution in [1.29, 1.82) is 0 Å². The first-order valence-corrected chi connectivity index (χ1v) is 11.9. The molecule has 6 nitrogen and oxygen atoms in total. The van der Waals surface area contributed by atoms with Crippen LogP contribution < -0.4 is 10.2 Å². The fraction of sp³-hybridized carbons (Fsp3) is 0.500. The van der Waals surface area contributed by atoms with Crippen LogP contribution in [0.4, 0.5) is 11.4 Å². The third kappa shape index (κ3) is 5.29. The highest BCUT2D eigenvalue weighted by Crippen LogP contribution is 2.30. The van der Waals surface area contributed by atoms with Crippen LogP contribution in [-0.4, -0.2) is 47.9 Å². The van der Waals surface area contributed by atoms with Crippen LogP contribution in [0, 0.1) is 11.8 Å². The molecular weight excluding hydrogens is 400 g/mol. The molecule has 0 spiro atoms. The van der Waals surface area contributed by atoms with Gasteiger partial charge < -0.3 is 15.1 Å². The van der Waals surface area contributed by atoms with E-state index in [1.807, 2.05) is 35.4 Å². The van der Waals surface area contributed by atoms with Crippen molar-refractivity contribution in [2.45, 2.75) is 45.4 Å². The zero-order chi connectivity index (χ0) is 22.5. The van der Waals surface area contributed by atoms with E-state index in [-0.39, 0.29) is 11.8 Å². The van der Waals surface area contributed by atoms with Gasteiger partial charge in [0.15, 0.2) is 0 Å². The van der Waals surface area contributed by atoms with Gasteiger partial charge in [-0.05, 0) is 54.5 Å². The summed E-state index contributed by atoms with van der Waals surface area (Å²) < 4.78 is 0. The summed E-state index contributed by atoms with van der Waals surface area (Å²) in [6.45, 7) is 7.42. The van der Waals surface area contributed by atoms with Crippen LogP contribution in [0.15, 0.2) is 48.8 Å². The Morgan fingerprint density at radius 1 is 1.12 bits per heavy atom. The molecule has 1 unspecified atom stereocenters. The maximum atomic E-state index is 12.6. The van der Waals surface area contributed by atoms with E-state index >= 15 is 0 Å². The largest absolute Gasteiger partial charge is 0.369 e. The van der Waals surface area contributed by atoms with E-state index in [4.69, 9.17) is 0 Å². The second kappa shape index (κ2) is 10.2. The Morgan fingerprint density at radius 2 is 1.84 bits per heavy atom.